The third-order valence-corrected chi connectivity index (χ3v) is 4.01. The van der Waals surface area contributed by atoms with Crippen molar-refractivity contribution in [1.82, 2.24) is 4.57 Å². The summed E-state index contributed by atoms with van der Waals surface area (Å²) in [5.41, 5.74) is -2.80. The van der Waals surface area contributed by atoms with E-state index in [0.29, 0.717) is 5.39 Å². The quantitative estimate of drug-likeness (QED) is 0.291. The first-order valence-corrected chi connectivity index (χ1v) is 10.9. The summed E-state index contributed by atoms with van der Waals surface area (Å²) in [5, 5.41) is 1.21. The van der Waals surface area contributed by atoms with Crippen LogP contribution in [0.15, 0.2) is 58.0 Å². The molecule has 1 aromatic heterocycles. The summed E-state index contributed by atoms with van der Waals surface area (Å²) in [5.74, 6) is -1.51. The van der Waals surface area contributed by atoms with Crippen molar-refractivity contribution in [3.05, 3.63) is 58.5 Å². The van der Waals surface area contributed by atoms with E-state index in [2.05, 4.69) is 4.99 Å². The van der Waals surface area contributed by atoms with Gasteiger partial charge in [-0.05, 0) is 79.8 Å². The number of nitrogens with zero attached hydrogens (tertiary/aromatic N) is 2. The standard InChI is InChI=1S/C26H34N2O5/c1-24(2,3)27-21(28-15-14-17-12-10-11-13-18(17)22(28)30)19(23(31)33-26(7,8)9)16-20(29)32-25(4,5)6/h10-16H,1-9H3/b19-16+,27-21?. The van der Waals surface area contributed by atoms with Gasteiger partial charge in [0.1, 0.15) is 22.6 Å². The maximum Gasteiger partial charge on any atom is 0.342 e. The van der Waals surface area contributed by atoms with Gasteiger partial charge >= 0.3 is 11.9 Å². The largest absolute Gasteiger partial charge is 0.457 e. The van der Waals surface area contributed by atoms with E-state index in [-0.39, 0.29) is 17.0 Å². The highest BCUT2D eigenvalue weighted by Gasteiger charge is 2.29. The first kappa shape index (κ1) is 26.0. The molecule has 0 aliphatic heterocycles. The lowest BCUT2D eigenvalue weighted by Crippen LogP contribution is -2.36. The summed E-state index contributed by atoms with van der Waals surface area (Å²) in [6, 6.07) is 8.89. The van der Waals surface area contributed by atoms with Gasteiger partial charge in [-0.1, -0.05) is 18.2 Å². The third-order valence-electron chi connectivity index (χ3n) is 4.01. The molecule has 0 saturated carbocycles. The van der Waals surface area contributed by atoms with Gasteiger partial charge < -0.3 is 9.47 Å². The highest BCUT2D eigenvalue weighted by molar-refractivity contribution is 6.22. The van der Waals surface area contributed by atoms with Gasteiger partial charge in [0.15, 0.2) is 0 Å². The number of pyridine rings is 1. The first-order valence-electron chi connectivity index (χ1n) is 10.9. The number of carbonyl (C=O) groups is 2. The van der Waals surface area contributed by atoms with Crippen molar-refractivity contribution < 1.29 is 19.1 Å². The number of aromatic nitrogens is 1. The van der Waals surface area contributed by atoms with Crippen LogP contribution in [0.25, 0.3) is 10.8 Å². The number of hydrogen-bond donors (Lipinski definition) is 0. The molecule has 0 N–H and O–H groups in total. The molecule has 2 aromatic rings. The second kappa shape index (κ2) is 9.33. The molecule has 0 spiro atoms. The summed E-state index contributed by atoms with van der Waals surface area (Å²) in [4.78, 5) is 43.9. The molecule has 0 amide bonds. The van der Waals surface area contributed by atoms with Crippen LogP contribution in [0.4, 0.5) is 0 Å². The molecule has 7 nitrogen and oxygen atoms in total. The molecular weight excluding hydrogens is 420 g/mol. The first-order chi connectivity index (χ1) is 15.0. The van der Waals surface area contributed by atoms with Crippen LogP contribution in [-0.2, 0) is 19.1 Å². The van der Waals surface area contributed by atoms with E-state index in [1.165, 1.54) is 4.57 Å². The van der Waals surface area contributed by atoms with Gasteiger partial charge in [-0.25, -0.2) is 9.59 Å². The minimum Gasteiger partial charge on any atom is -0.457 e. The summed E-state index contributed by atoms with van der Waals surface area (Å²) < 4.78 is 12.2. The fraction of sp³-hybridized carbons (Fsp3) is 0.462. The third kappa shape index (κ3) is 7.70. The van der Waals surface area contributed by atoms with Gasteiger partial charge in [0.2, 0.25) is 0 Å². The highest BCUT2D eigenvalue weighted by Crippen LogP contribution is 2.18. The summed E-state index contributed by atoms with van der Waals surface area (Å²) in [6.07, 6.45) is 2.59. The molecule has 178 valence electrons. The van der Waals surface area contributed by atoms with E-state index in [1.807, 2.05) is 32.9 Å². The zero-order valence-electron chi connectivity index (χ0n) is 21.0. The molecule has 0 fully saturated rings. The van der Waals surface area contributed by atoms with E-state index in [0.717, 1.165) is 11.5 Å². The van der Waals surface area contributed by atoms with Crippen molar-refractivity contribution in [3.8, 4) is 0 Å². The van der Waals surface area contributed by atoms with Crippen LogP contribution < -0.4 is 5.56 Å². The second-order valence-electron chi connectivity index (χ2n) is 10.8. The van der Waals surface area contributed by atoms with Crippen LogP contribution in [-0.4, -0.2) is 39.1 Å². The SMILES string of the molecule is CC(C)(C)N=C(/C(=C\C(=O)OC(C)(C)C)C(=O)OC(C)(C)C)n1ccc2ccccc2c1=O. The van der Waals surface area contributed by atoms with Crippen molar-refractivity contribution >= 4 is 28.5 Å². The number of esters is 2. The Morgan fingerprint density at radius 3 is 2.00 bits per heavy atom. The zero-order chi connectivity index (χ0) is 25.2. The average molecular weight is 455 g/mol. The summed E-state index contributed by atoms with van der Waals surface area (Å²) >= 11 is 0. The van der Waals surface area contributed by atoms with Crippen LogP contribution in [0.1, 0.15) is 62.3 Å². The molecule has 0 saturated heterocycles. The number of rotatable bonds is 3. The molecule has 33 heavy (non-hydrogen) atoms. The maximum atomic E-state index is 13.4. The van der Waals surface area contributed by atoms with Crippen molar-refractivity contribution in [3.63, 3.8) is 0 Å². The summed E-state index contributed by atoms with van der Waals surface area (Å²) in [7, 11) is 0. The maximum absolute atomic E-state index is 13.4. The Hall–Kier alpha value is -3.22. The molecule has 7 heteroatoms. The molecule has 0 unspecified atom stereocenters. The van der Waals surface area contributed by atoms with E-state index < -0.39 is 28.7 Å². The Kier molecular flexibility index (Phi) is 7.36. The minimum absolute atomic E-state index is 0.0124. The van der Waals surface area contributed by atoms with Gasteiger partial charge in [0, 0.05) is 17.7 Å². The lowest BCUT2D eigenvalue weighted by Gasteiger charge is -2.24. The van der Waals surface area contributed by atoms with Crippen LogP contribution in [0, 0.1) is 0 Å². The average Bonchev–Trinajstić information content (AvgIpc) is 2.61. The van der Waals surface area contributed by atoms with Crippen molar-refractivity contribution in [2.24, 2.45) is 4.99 Å². The fourth-order valence-electron chi connectivity index (χ4n) is 2.91. The number of fused-ring (bicyclic) bond motifs is 1. The van der Waals surface area contributed by atoms with E-state index in [1.54, 1.807) is 65.9 Å². The van der Waals surface area contributed by atoms with Gasteiger partial charge in [-0.3, -0.25) is 14.4 Å². The molecule has 2 rings (SSSR count). The number of hydrogen-bond acceptors (Lipinski definition) is 6. The van der Waals surface area contributed by atoms with Crippen molar-refractivity contribution in [2.45, 2.75) is 79.1 Å². The van der Waals surface area contributed by atoms with Crippen LogP contribution in [0.3, 0.4) is 0 Å². The van der Waals surface area contributed by atoms with Crippen LogP contribution >= 0.6 is 0 Å². The zero-order valence-corrected chi connectivity index (χ0v) is 21.0. The Bertz CT molecular complexity index is 1170. The van der Waals surface area contributed by atoms with Gasteiger partial charge in [-0.15, -0.1) is 0 Å². The molecular formula is C26H34N2O5. The monoisotopic (exact) mass is 454 g/mol. The number of ether oxygens (including phenoxy) is 2. The lowest BCUT2D eigenvalue weighted by atomic mass is 10.1. The lowest BCUT2D eigenvalue weighted by molar-refractivity contribution is -0.152. The normalized spacial score (nSPS) is 13.7. The highest BCUT2D eigenvalue weighted by atomic mass is 16.6. The molecule has 1 aromatic carbocycles. The Balaban J connectivity index is 2.81. The Morgan fingerprint density at radius 2 is 1.45 bits per heavy atom. The smallest absolute Gasteiger partial charge is 0.342 e. The van der Waals surface area contributed by atoms with Crippen molar-refractivity contribution in [1.29, 1.82) is 0 Å². The fourth-order valence-corrected chi connectivity index (χ4v) is 2.91. The molecule has 0 aliphatic carbocycles. The molecule has 0 radical (unpaired) electrons. The van der Waals surface area contributed by atoms with E-state index in [4.69, 9.17) is 9.47 Å². The number of aliphatic imine (C=N–C) groups is 1. The minimum atomic E-state index is -0.828. The van der Waals surface area contributed by atoms with Gasteiger partial charge in [0.25, 0.3) is 5.56 Å². The van der Waals surface area contributed by atoms with Crippen molar-refractivity contribution in [2.75, 3.05) is 0 Å². The predicted octanol–water partition coefficient (Wildman–Crippen LogP) is 4.66. The molecule has 0 atom stereocenters. The van der Waals surface area contributed by atoms with E-state index in [9.17, 15) is 14.4 Å². The molecule has 0 bridgehead atoms. The van der Waals surface area contributed by atoms with Crippen LogP contribution in [0.2, 0.25) is 0 Å². The molecule has 1 heterocycles. The van der Waals surface area contributed by atoms with E-state index >= 15 is 0 Å². The summed E-state index contributed by atoms with van der Waals surface area (Å²) in [6.45, 7) is 15.8. The topological polar surface area (TPSA) is 87.0 Å². The Labute approximate surface area is 195 Å². The van der Waals surface area contributed by atoms with Gasteiger partial charge in [0.05, 0.1) is 5.54 Å². The predicted molar refractivity (Wildman–Crippen MR) is 131 cm³/mol. The molecule has 0 aliphatic rings. The van der Waals surface area contributed by atoms with Crippen LogP contribution in [0.5, 0.6) is 0 Å². The van der Waals surface area contributed by atoms with Gasteiger partial charge in [-0.2, -0.15) is 0 Å². The second-order valence-corrected chi connectivity index (χ2v) is 10.8. The Morgan fingerprint density at radius 1 is 0.879 bits per heavy atom. The number of benzene rings is 1. The number of carbonyl (C=O) groups excluding carboxylic acids is 2.